The monoisotopic (exact) mass is 658 g/mol. The second-order valence-corrected chi connectivity index (χ2v) is 13.3. The third-order valence-corrected chi connectivity index (χ3v) is 9.96. The van der Waals surface area contributed by atoms with Crippen LogP contribution >= 0.6 is 0 Å². The normalized spacial score (nSPS) is 13.9. The van der Waals surface area contributed by atoms with Gasteiger partial charge < -0.3 is 29.3 Å². The number of hydrogen-bond donors (Lipinski definition) is 1. The molecule has 244 valence electrons. The standard InChI is InChI=1S/C29H28O3.C10H8N2O3S/c1-28(2,21-8-14-25(30)15-9-21)20-4-6-22(7-5-20)29(3,23-10-16-26(31)17-11-23)24-12-18-27(32)19-13-24;11-12-8-5-4-6-7(10(8)13)2-1-3-9(6)16(14)15/h4-19,30-32H,1-3H3;1-3,14H,4-5H2/p-2. The zero-order valence-corrected chi connectivity index (χ0v) is 27.5. The van der Waals surface area contributed by atoms with Crippen molar-refractivity contribution >= 4 is 22.2 Å². The van der Waals surface area contributed by atoms with Crippen LogP contribution in [0.2, 0.25) is 0 Å². The summed E-state index contributed by atoms with van der Waals surface area (Å²) < 4.78 is 20.1. The molecule has 0 radical (unpaired) electrons. The Morgan fingerprint density at radius 1 is 0.708 bits per heavy atom. The second-order valence-electron chi connectivity index (χ2n) is 12.3. The number of benzene rings is 5. The molecule has 2 N–H and O–H groups in total. The molecule has 6 rings (SSSR count). The van der Waals surface area contributed by atoms with Gasteiger partial charge in [0.2, 0.25) is 0 Å². The molecule has 0 spiro atoms. The van der Waals surface area contributed by atoms with Gasteiger partial charge in [-0.15, -0.1) is 11.5 Å². The highest BCUT2D eigenvalue weighted by atomic mass is 32.2. The van der Waals surface area contributed by atoms with Crippen molar-refractivity contribution in [2.75, 3.05) is 0 Å². The van der Waals surface area contributed by atoms with Crippen LogP contribution in [-0.2, 0) is 32.2 Å². The van der Waals surface area contributed by atoms with Crippen molar-refractivity contribution in [1.82, 2.24) is 0 Å². The summed E-state index contributed by atoms with van der Waals surface area (Å²) in [5.74, 6) is -0.181. The highest BCUT2D eigenvalue weighted by molar-refractivity contribution is 7.72. The lowest BCUT2D eigenvalue weighted by atomic mass is 9.70. The Labute approximate surface area is 281 Å². The van der Waals surface area contributed by atoms with Gasteiger partial charge in [-0.1, -0.05) is 117 Å². The first kappa shape index (κ1) is 33.9. The van der Waals surface area contributed by atoms with E-state index < -0.39 is 16.1 Å². The summed E-state index contributed by atoms with van der Waals surface area (Å²) in [6.45, 7) is 6.42. The van der Waals surface area contributed by atoms with Gasteiger partial charge in [0.05, 0.1) is 6.42 Å². The molecule has 1 aliphatic carbocycles. The van der Waals surface area contributed by atoms with E-state index in [1.807, 2.05) is 36.4 Å². The number of carbonyl (C=O) groups excluding carboxylic acids is 1. The number of phenols is 1. The van der Waals surface area contributed by atoms with Gasteiger partial charge >= 0.3 is 5.71 Å². The Morgan fingerprint density at radius 2 is 1.15 bits per heavy atom. The van der Waals surface area contributed by atoms with Crippen LogP contribution in [0.4, 0.5) is 0 Å². The zero-order valence-electron chi connectivity index (χ0n) is 26.7. The number of rotatable bonds is 6. The predicted molar refractivity (Wildman–Crippen MR) is 180 cm³/mol. The molecule has 0 amide bonds. The minimum atomic E-state index is -2.10. The van der Waals surface area contributed by atoms with Crippen molar-refractivity contribution in [1.29, 1.82) is 0 Å². The van der Waals surface area contributed by atoms with Crippen LogP contribution in [0.15, 0.2) is 120 Å². The molecule has 0 aliphatic heterocycles. The molecule has 0 aromatic heterocycles. The van der Waals surface area contributed by atoms with Crippen LogP contribution in [0.3, 0.4) is 0 Å². The topological polar surface area (TPSA) is 158 Å². The van der Waals surface area contributed by atoms with Crippen molar-refractivity contribution < 1.29 is 33.3 Å². The quantitative estimate of drug-likeness (QED) is 0.0743. The minimum absolute atomic E-state index is 0.00802. The first-order chi connectivity index (χ1) is 22.9. The zero-order chi connectivity index (χ0) is 34.6. The van der Waals surface area contributed by atoms with Crippen LogP contribution in [0.5, 0.6) is 17.2 Å². The number of ketones is 1. The Morgan fingerprint density at radius 3 is 1.62 bits per heavy atom. The molecule has 0 fully saturated rings. The second kappa shape index (κ2) is 13.7. The number of aromatic hydroxyl groups is 1. The van der Waals surface area contributed by atoms with Crippen LogP contribution in [0, 0.1) is 0 Å². The summed E-state index contributed by atoms with van der Waals surface area (Å²) >= 11 is 0. The number of phenolic OH excluding ortho intramolecular Hbond substituents is 1. The molecule has 1 atom stereocenters. The molecule has 1 unspecified atom stereocenters. The molecular weight excluding hydrogens is 625 g/mol. The van der Waals surface area contributed by atoms with E-state index in [0.29, 0.717) is 17.5 Å². The van der Waals surface area contributed by atoms with Gasteiger partial charge in [-0.2, -0.15) is 4.79 Å². The molecule has 0 saturated heterocycles. The Balaban J connectivity index is 0.000000236. The van der Waals surface area contributed by atoms with Gasteiger partial charge in [-0.3, -0.25) is 4.79 Å². The van der Waals surface area contributed by atoms with Crippen molar-refractivity contribution in [2.45, 2.75) is 49.3 Å². The summed E-state index contributed by atoms with van der Waals surface area (Å²) in [5.41, 5.74) is 14.2. The maximum absolute atomic E-state index is 11.8. The van der Waals surface area contributed by atoms with E-state index in [-0.39, 0.29) is 45.5 Å². The average Bonchev–Trinajstić information content (AvgIpc) is 3.09. The van der Waals surface area contributed by atoms with E-state index in [0.717, 1.165) is 27.8 Å². The molecule has 0 bridgehead atoms. The van der Waals surface area contributed by atoms with Gasteiger partial charge in [0.15, 0.2) is 0 Å². The largest absolute Gasteiger partial charge is 0.872 e. The van der Waals surface area contributed by atoms with E-state index in [1.54, 1.807) is 48.5 Å². The van der Waals surface area contributed by atoms with E-state index >= 15 is 0 Å². The molecule has 1 aliphatic rings. The molecule has 9 heteroatoms. The average molecular weight is 659 g/mol. The lowest BCUT2D eigenvalue weighted by Gasteiger charge is -2.33. The van der Waals surface area contributed by atoms with Crippen molar-refractivity contribution in [2.24, 2.45) is 0 Å². The summed E-state index contributed by atoms with van der Waals surface area (Å²) in [4.78, 5) is 14.9. The van der Waals surface area contributed by atoms with Crippen molar-refractivity contribution in [3.8, 4) is 17.2 Å². The fourth-order valence-electron chi connectivity index (χ4n) is 6.15. The Hall–Kier alpha value is -5.50. The van der Waals surface area contributed by atoms with Crippen LogP contribution in [0.25, 0.3) is 5.53 Å². The molecule has 5 aromatic rings. The molecule has 8 nitrogen and oxygen atoms in total. The fraction of sp³-hybridized carbons (Fsp3) is 0.179. The molecular formula is C39H34N2O6S-2. The fourth-order valence-corrected chi connectivity index (χ4v) is 6.77. The van der Waals surface area contributed by atoms with Gasteiger partial charge in [-0.05, 0) is 63.8 Å². The molecule has 0 saturated carbocycles. The summed E-state index contributed by atoms with van der Waals surface area (Å²) in [5, 5.41) is 33.0. The third kappa shape index (κ3) is 6.65. The number of nitrogens with zero attached hydrogens (tertiary/aromatic N) is 2. The first-order valence-corrected chi connectivity index (χ1v) is 16.4. The molecule has 5 aromatic carbocycles. The summed E-state index contributed by atoms with van der Waals surface area (Å²) in [7, 11) is -2.10. The van der Waals surface area contributed by atoms with Gasteiger partial charge in [0.25, 0.3) is 5.78 Å². The lowest BCUT2D eigenvalue weighted by molar-refractivity contribution is -0.269. The lowest BCUT2D eigenvalue weighted by Crippen LogP contribution is -2.26. The molecule has 48 heavy (non-hydrogen) atoms. The van der Waals surface area contributed by atoms with Crippen LogP contribution < -0.4 is 10.2 Å². The smallest absolute Gasteiger partial charge is 0.339 e. The van der Waals surface area contributed by atoms with Crippen LogP contribution in [0.1, 0.15) is 70.9 Å². The summed E-state index contributed by atoms with van der Waals surface area (Å²) in [6, 6.07) is 34.2. The SMILES string of the molecule is CC(C)(c1ccc([O-])cc1)c1ccc(C(C)(c2ccc([O-])cc2)c2ccc(O)cc2)cc1.[N-]=[N+]=C1CCc2c(cccc2[S-](=O)=[OH+])C1=O. The highest BCUT2D eigenvalue weighted by Crippen LogP contribution is 2.41. The number of fused-ring (bicyclic) bond motifs is 1. The number of Topliss-reactive ketones (excluding diaryl/α,β-unsaturated/α-hetero) is 1. The van der Waals surface area contributed by atoms with Gasteiger partial charge in [0, 0.05) is 16.4 Å². The maximum atomic E-state index is 11.8. The molecule has 0 heterocycles. The first-order valence-electron chi connectivity index (χ1n) is 15.3. The number of carbonyl (C=O) groups is 1. The van der Waals surface area contributed by atoms with E-state index in [2.05, 4.69) is 49.8 Å². The van der Waals surface area contributed by atoms with E-state index in [1.165, 1.54) is 6.07 Å². The van der Waals surface area contributed by atoms with Gasteiger partial charge in [0.1, 0.15) is 16.5 Å². The van der Waals surface area contributed by atoms with Crippen LogP contribution in [-0.4, -0.2) is 25.6 Å². The summed E-state index contributed by atoms with van der Waals surface area (Å²) in [6.07, 6.45) is 0.722. The highest BCUT2D eigenvalue weighted by Gasteiger charge is 2.32. The van der Waals surface area contributed by atoms with Crippen molar-refractivity contribution in [3.63, 3.8) is 0 Å². The number of hydrogen-bond acceptors (Lipinski definition) is 6. The van der Waals surface area contributed by atoms with Crippen molar-refractivity contribution in [3.05, 3.63) is 160 Å². The Bertz CT molecular complexity index is 2020. The maximum Gasteiger partial charge on any atom is 0.339 e. The Kier molecular flexibility index (Phi) is 9.66. The van der Waals surface area contributed by atoms with Gasteiger partial charge in [-0.25, -0.2) is 0 Å². The third-order valence-electron chi connectivity index (χ3n) is 9.20. The van der Waals surface area contributed by atoms with E-state index in [4.69, 9.17) is 9.74 Å². The predicted octanol–water partition coefficient (Wildman–Crippen LogP) is 6.32. The minimum Gasteiger partial charge on any atom is -0.872 e. The van der Waals surface area contributed by atoms with E-state index in [9.17, 15) is 24.3 Å².